The zero-order chi connectivity index (χ0) is 16.6. The monoisotopic (exact) mass is 469 g/mol. The second-order valence-electron chi connectivity index (χ2n) is 7.29. The van der Waals surface area contributed by atoms with Crippen molar-refractivity contribution in [1.29, 1.82) is 0 Å². The fraction of sp³-hybridized carbons (Fsp3) is 0.400. The number of benzene rings is 1. The largest absolute Gasteiger partial charge is 1.00 e. The first-order valence-electron chi connectivity index (χ1n) is 8.50. The van der Waals surface area contributed by atoms with Crippen LogP contribution in [0, 0.1) is 0 Å². The molecule has 1 nitrogen and oxygen atoms in total. The van der Waals surface area contributed by atoms with E-state index in [4.69, 9.17) is 0 Å². The van der Waals surface area contributed by atoms with Gasteiger partial charge < -0.3 is 24.8 Å². The van der Waals surface area contributed by atoms with Gasteiger partial charge in [-0.1, -0.05) is 0 Å². The van der Waals surface area contributed by atoms with E-state index in [0.717, 1.165) is 12.8 Å². The van der Waals surface area contributed by atoms with E-state index in [-0.39, 0.29) is 24.8 Å². The van der Waals surface area contributed by atoms with Gasteiger partial charge >= 0.3 is 156 Å². The Labute approximate surface area is 180 Å². The molecule has 3 rings (SSSR count). The maximum absolute atomic E-state index is 9.24. The topological polar surface area (TPSA) is 20.2 Å². The number of fused-ring (bicyclic) bond motifs is 1. The van der Waals surface area contributed by atoms with E-state index in [1.807, 2.05) is 0 Å². The fourth-order valence-electron chi connectivity index (χ4n) is 4.00. The summed E-state index contributed by atoms with van der Waals surface area (Å²) >= 11 is 1.59. The van der Waals surface area contributed by atoms with Gasteiger partial charge in [-0.05, 0) is 0 Å². The van der Waals surface area contributed by atoms with Crippen LogP contribution in [0.2, 0.25) is 19.1 Å². The Morgan fingerprint density at radius 3 is 2.56 bits per heavy atom. The van der Waals surface area contributed by atoms with Gasteiger partial charge in [0.1, 0.15) is 0 Å². The van der Waals surface area contributed by atoms with E-state index in [1.54, 1.807) is 41.1 Å². The molecule has 0 aliphatic heterocycles. The average Bonchev–Trinajstić information content (AvgIpc) is 3.11. The number of hydrogen-bond acceptors (Lipinski definition) is 1. The van der Waals surface area contributed by atoms with Crippen molar-refractivity contribution in [1.82, 2.24) is 0 Å². The summed E-state index contributed by atoms with van der Waals surface area (Å²) in [7, 11) is -1.49. The molecule has 0 aromatic heterocycles. The minimum absolute atomic E-state index is 0. The van der Waals surface area contributed by atoms with Gasteiger partial charge in [-0.25, -0.2) is 0 Å². The first-order chi connectivity index (χ1) is 11.0. The predicted octanol–water partition coefficient (Wildman–Crippen LogP) is -1.04. The average molecular weight is 472 g/mol. The van der Waals surface area contributed by atoms with Gasteiger partial charge in [0.25, 0.3) is 0 Å². The Kier molecular flexibility index (Phi) is 8.63. The molecule has 2 aliphatic carbocycles. The normalized spacial score (nSPS) is 19.0. The summed E-state index contributed by atoms with van der Waals surface area (Å²) in [5, 5.41) is 10.8. The molecule has 1 unspecified atom stereocenters. The van der Waals surface area contributed by atoms with Crippen molar-refractivity contribution >= 4 is 13.6 Å². The molecule has 25 heavy (non-hydrogen) atoms. The molecule has 1 aromatic carbocycles. The zero-order valence-electron chi connectivity index (χ0n) is 15.1. The summed E-state index contributed by atoms with van der Waals surface area (Å²) < 4.78 is 0.616. The molecule has 1 aromatic rings. The molecule has 0 amide bonds. The van der Waals surface area contributed by atoms with Crippen LogP contribution >= 0.6 is 0 Å². The molecule has 2 aliphatic rings. The van der Waals surface area contributed by atoms with E-state index in [0.29, 0.717) is 10.2 Å². The smallest absolute Gasteiger partial charge is 1.00 e. The molecule has 0 bridgehead atoms. The van der Waals surface area contributed by atoms with Crippen LogP contribution in [-0.2, 0) is 24.7 Å². The van der Waals surface area contributed by atoms with Gasteiger partial charge in [-0.15, -0.1) is 0 Å². The molecule has 0 saturated carbocycles. The Balaban J connectivity index is 0.00000156. The summed E-state index contributed by atoms with van der Waals surface area (Å²) in [6, 6.07) is 10.1. The quantitative estimate of drug-likeness (QED) is 0.544. The van der Waals surface area contributed by atoms with Crippen molar-refractivity contribution in [3.63, 3.8) is 0 Å². The number of aliphatic hydroxyl groups is 1. The van der Waals surface area contributed by atoms with E-state index >= 15 is 0 Å². The number of allylic oxidation sites excluding steroid dienone is 6. The van der Waals surface area contributed by atoms with Crippen LogP contribution in [-0.4, -0.2) is 19.8 Å². The Morgan fingerprint density at radius 1 is 1.20 bits per heavy atom. The van der Waals surface area contributed by atoms with E-state index in [2.05, 4.69) is 56.4 Å². The van der Waals surface area contributed by atoms with Crippen LogP contribution in [0.3, 0.4) is 0 Å². The van der Waals surface area contributed by atoms with Crippen molar-refractivity contribution in [2.75, 3.05) is 6.61 Å². The second-order valence-corrected chi connectivity index (χ2v) is 13.5. The molecule has 0 saturated heterocycles. The van der Waals surface area contributed by atoms with Crippen LogP contribution in [0.5, 0.6) is 0 Å². The number of rotatable bonds is 5. The third-order valence-electron chi connectivity index (χ3n) is 5.29. The van der Waals surface area contributed by atoms with E-state index < -0.39 is 8.07 Å². The number of halogens is 2. The standard InChI is InChI=1S/C20H25OSi.2ClH.Zr/c1-15-14-16-8-4-5-9-17(16)20(15)18-10-6-11-19(18)22(2,3)13-7-12-21;;;/h4-6,8-9,11,14,21H,7,10,12-13H2,1-3H3;2*1H;/q;;;+2/p-2. The molecule has 0 radical (unpaired) electrons. The Bertz CT molecular complexity index is 722. The maximum Gasteiger partial charge on any atom is -1.00 e. The molecule has 1 N–H and O–H groups in total. The fourth-order valence-corrected chi connectivity index (χ4v) is 7.90. The van der Waals surface area contributed by atoms with Crippen molar-refractivity contribution in [2.45, 2.75) is 42.5 Å². The molecular formula is C20H25Cl2OSiZr. The summed E-state index contributed by atoms with van der Waals surface area (Å²) in [4.78, 5) is 0. The van der Waals surface area contributed by atoms with Gasteiger partial charge in [0.2, 0.25) is 0 Å². The van der Waals surface area contributed by atoms with Crippen molar-refractivity contribution in [2.24, 2.45) is 0 Å². The Hall–Kier alpha value is 0.0800. The molecule has 1 atom stereocenters. The third kappa shape index (κ3) is 4.33. The van der Waals surface area contributed by atoms with Crippen LogP contribution in [0.25, 0.3) is 5.57 Å². The summed E-state index contributed by atoms with van der Waals surface area (Å²) in [5.41, 5.74) is 7.66. The minimum Gasteiger partial charge on any atom is -1.00 e. The third-order valence-corrected chi connectivity index (χ3v) is 10.6. The zero-order valence-corrected chi connectivity index (χ0v) is 20.0. The molecule has 133 valence electrons. The van der Waals surface area contributed by atoms with E-state index in [1.165, 1.54) is 22.7 Å². The first-order valence-corrected chi connectivity index (χ1v) is 13.1. The van der Waals surface area contributed by atoms with Crippen LogP contribution in [0.1, 0.15) is 34.5 Å². The minimum atomic E-state index is -1.49. The SMILES string of the molecule is CC1=C(C2=C([Si](C)(C)CCCO)C=CC2)c2ccccc2[CH]1[Zr+2].[Cl-].[Cl-]. The summed E-state index contributed by atoms with van der Waals surface area (Å²) in [6.45, 7) is 7.56. The molecule has 0 heterocycles. The van der Waals surface area contributed by atoms with Crippen LogP contribution in [0.4, 0.5) is 0 Å². The molecule has 5 heteroatoms. The number of aliphatic hydroxyl groups excluding tert-OH is 1. The van der Waals surface area contributed by atoms with Crippen LogP contribution < -0.4 is 24.8 Å². The predicted molar refractivity (Wildman–Crippen MR) is 96.6 cm³/mol. The maximum atomic E-state index is 9.24. The van der Waals surface area contributed by atoms with Gasteiger partial charge in [-0.2, -0.15) is 0 Å². The van der Waals surface area contributed by atoms with Crippen molar-refractivity contribution in [3.8, 4) is 0 Å². The second kappa shape index (κ2) is 9.33. The van der Waals surface area contributed by atoms with Gasteiger partial charge in [0.15, 0.2) is 0 Å². The number of hydrogen-bond donors (Lipinski definition) is 1. The first kappa shape index (κ1) is 23.1. The molecular weight excluding hydrogens is 446 g/mol. The van der Waals surface area contributed by atoms with Gasteiger partial charge in [0, 0.05) is 0 Å². The molecule has 0 spiro atoms. The Morgan fingerprint density at radius 2 is 1.88 bits per heavy atom. The molecule has 0 fully saturated rings. The van der Waals surface area contributed by atoms with Gasteiger partial charge in [-0.3, -0.25) is 0 Å². The van der Waals surface area contributed by atoms with Crippen molar-refractivity contribution in [3.05, 3.63) is 63.9 Å². The van der Waals surface area contributed by atoms with E-state index in [9.17, 15) is 5.11 Å². The summed E-state index contributed by atoms with van der Waals surface area (Å²) in [6.07, 6.45) is 6.74. The van der Waals surface area contributed by atoms with Gasteiger partial charge in [0.05, 0.1) is 0 Å². The van der Waals surface area contributed by atoms with Crippen LogP contribution in [0.15, 0.2) is 52.8 Å². The summed E-state index contributed by atoms with van der Waals surface area (Å²) in [5.74, 6) is 0. The van der Waals surface area contributed by atoms with Crippen molar-refractivity contribution < 1.29 is 54.6 Å².